The van der Waals surface area contributed by atoms with E-state index >= 15 is 0 Å². The summed E-state index contributed by atoms with van der Waals surface area (Å²) in [7, 11) is -3.97. The summed E-state index contributed by atoms with van der Waals surface area (Å²) in [5.74, 6) is -1.21. The predicted octanol–water partition coefficient (Wildman–Crippen LogP) is 6.23. The van der Waals surface area contributed by atoms with Crippen molar-refractivity contribution in [3.05, 3.63) is 94.8 Å². The molecule has 4 aromatic rings. The van der Waals surface area contributed by atoms with Crippen LogP contribution in [-0.2, 0) is 10.0 Å². The van der Waals surface area contributed by atoms with Crippen molar-refractivity contribution >= 4 is 44.6 Å². The van der Waals surface area contributed by atoms with E-state index in [0.29, 0.717) is 9.90 Å². The van der Waals surface area contributed by atoms with Crippen LogP contribution in [0.25, 0.3) is 21.6 Å². The van der Waals surface area contributed by atoms with Gasteiger partial charge in [-0.15, -0.1) is 11.3 Å². The maximum atomic E-state index is 12.9. The summed E-state index contributed by atoms with van der Waals surface area (Å²) in [6.07, 6.45) is 0. The van der Waals surface area contributed by atoms with Gasteiger partial charge in [-0.1, -0.05) is 66.2 Å². The second-order valence-electron chi connectivity index (χ2n) is 6.66. The quantitative estimate of drug-likeness (QED) is 0.350. The molecule has 0 amide bonds. The molecule has 4 rings (SSSR count). The molecule has 3 aromatic carbocycles. The normalized spacial score (nSPS) is 11.3. The Balaban J connectivity index is 1.64. The highest BCUT2D eigenvalue weighted by Gasteiger charge is 2.22. The Labute approximate surface area is 188 Å². The van der Waals surface area contributed by atoms with E-state index in [-0.39, 0.29) is 15.5 Å². The van der Waals surface area contributed by atoms with Crippen LogP contribution < -0.4 is 4.72 Å². The third-order valence-corrected chi connectivity index (χ3v) is 7.38. The first-order valence-corrected chi connectivity index (χ1v) is 11.8. The van der Waals surface area contributed by atoms with E-state index in [1.54, 1.807) is 36.4 Å². The number of aromatic carboxylic acids is 1. The number of carboxylic acid groups (broad SMARTS) is 1. The lowest BCUT2D eigenvalue weighted by molar-refractivity contribution is 0.0703. The van der Waals surface area contributed by atoms with Gasteiger partial charge in [0.05, 0.1) is 10.6 Å². The topological polar surface area (TPSA) is 83.5 Å². The minimum absolute atomic E-state index is 0.0228. The van der Waals surface area contributed by atoms with Crippen molar-refractivity contribution in [3.8, 4) is 21.6 Å². The first kappa shape index (κ1) is 21.1. The summed E-state index contributed by atoms with van der Waals surface area (Å²) < 4.78 is 28.2. The van der Waals surface area contributed by atoms with Crippen LogP contribution in [0.5, 0.6) is 0 Å². The molecule has 5 nitrogen and oxygen atoms in total. The average molecular weight is 470 g/mol. The van der Waals surface area contributed by atoms with Crippen molar-refractivity contribution in [2.24, 2.45) is 0 Å². The number of sulfonamides is 1. The second kappa shape index (κ2) is 8.55. The fraction of sp³-hybridized carbons (Fsp3) is 0. The minimum atomic E-state index is -3.97. The van der Waals surface area contributed by atoms with Crippen LogP contribution in [0.4, 0.5) is 5.69 Å². The van der Waals surface area contributed by atoms with Crippen molar-refractivity contribution in [1.82, 2.24) is 0 Å². The lowest BCUT2D eigenvalue weighted by atomic mass is 10.1. The molecule has 156 valence electrons. The van der Waals surface area contributed by atoms with Crippen LogP contribution in [0.1, 0.15) is 9.67 Å². The van der Waals surface area contributed by atoms with Crippen LogP contribution in [0.15, 0.2) is 89.8 Å². The van der Waals surface area contributed by atoms with Gasteiger partial charge in [0.1, 0.15) is 4.88 Å². The fourth-order valence-corrected chi connectivity index (χ4v) is 5.25. The maximum absolute atomic E-state index is 12.9. The number of hydrogen-bond donors (Lipinski definition) is 2. The molecular formula is C23H16ClNO4S2. The molecule has 0 fully saturated rings. The van der Waals surface area contributed by atoms with Gasteiger partial charge in [-0.05, 0) is 47.0 Å². The van der Waals surface area contributed by atoms with E-state index in [4.69, 9.17) is 11.6 Å². The van der Waals surface area contributed by atoms with Crippen LogP contribution in [0.2, 0.25) is 5.02 Å². The Morgan fingerprint density at radius 2 is 1.42 bits per heavy atom. The molecule has 0 aliphatic rings. The van der Waals surface area contributed by atoms with Gasteiger partial charge >= 0.3 is 5.97 Å². The summed E-state index contributed by atoms with van der Waals surface area (Å²) >= 11 is 6.90. The minimum Gasteiger partial charge on any atom is -0.477 e. The molecule has 0 spiro atoms. The third-order valence-electron chi connectivity index (χ3n) is 4.57. The largest absolute Gasteiger partial charge is 0.477 e. The molecule has 2 N–H and O–H groups in total. The summed E-state index contributed by atoms with van der Waals surface area (Å²) in [6.45, 7) is 0. The number of carboxylic acids is 1. The molecule has 0 aliphatic carbocycles. The Bertz CT molecular complexity index is 1330. The van der Waals surface area contributed by atoms with E-state index in [1.807, 2.05) is 30.3 Å². The monoisotopic (exact) mass is 469 g/mol. The van der Waals surface area contributed by atoms with Gasteiger partial charge in [0.2, 0.25) is 0 Å². The number of rotatable bonds is 6. The number of carbonyl (C=O) groups is 1. The average Bonchev–Trinajstić information content (AvgIpc) is 3.18. The lowest BCUT2D eigenvalue weighted by Gasteiger charge is -2.08. The zero-order valence-corrected chi connectivity index (χ0v) is 18.3. The molecule has 0 saturated carbocycles. The predicted molar refractivity (Wildman–Crippen MR) is 124 cm³/mol. The van der Waals surface area contributed by atoms with Crippen molar-refractivity contribution in [1.29, 1.82) is 0 Å². The zero-order chi connectivity index (χ0) is 22.0. The van der Waals surface area contributed by atoms with Gasteiger partial charge in [0.25, 0.3) is 10.0 Å². The molecule has 8 heteroatoms. The highest BCUT2D eigenvalue weighted by molar-refractivity contribution is 7.92. The molecule has 0 unspecified atom stereocenters. The first-order valence-electron chi connectivity index (χ1n) is 9.15. The highest BCUT2D eigenvalue weighted by atomic mass is 35.5. The summed E-state index contributed by atoms with van der Waals surface area (Å²) in [5.41, 5.74) is 2.62. The molecule has 0 aliphatic heterocycles. The second-order valence-corrected chi connectivity index (χ2v) is 9.83. The number of halogens is 1. The lowest BCUT2D eigenvalue weighted by Crippen LogP contribution is -2.14. The smallest absolute Gasteiger partial charge is 0.348 e. The summed E-state index contributed by atoms with van der Waals surface area (Å²) in [5, 5.41) is 10.1. The van der Waals surface area contributed by atoms with E-state index in [0.717, 1.165) is 28.0 Å². The van der Waals surface area contributed by atoms with Crippen molar-refractivity contribution in [2.45, 2.75) is 4.90 Å². The summed E-state index contributed by atoms with van der Waals surface area (Å²) in [4.78, 5) is 12.3. The van der Waals surface area contributed by atoms with E-state index in [9.17, 15) is 18.3 Å². The number of benzene rings is 3. The van der Waals surface area contributed by atoms with Gasteiger partial charge in [-0.25, -0.2) is 13.2 Å². The standard InChI is InChI=1S/C23H16ClNO4S2/c24-18-10-6-17(7-11-18)21-14-20(22(30-21)23(26)27)25-31(28,29)19-12-8-16(9-13-19)15-4-2-1-3-5-15/h1-14,25H,(H,26,27). The van der Waals surface area contributed by atoms with Gasteiger partial charge in [0.15, 0.2) is 0 Å². The third kappa shape index (κ3) is 4.64. The van der Waals surface area contributed by atoms with Gasteiger partial charge < -0.3 is 5.11 Å². The van der Waals surface area contributed by atoms with Gasteiger partial charge in [-0.3, -0.25) is 4.72 Å². The Morgan fingerprint density at radius 3 is 2.03 bits per heavy atom. The Hall–Kier alpha value is -3.13. The molecule has 1 aromatic heterocycles. The number of nitrogens with one attached hydrogen (secondary N) is 1. The molecule has 0 bridgehead atoms. The maximum Gasteiger partial charge on any atom is 0.348 e. The number of thiophene rings is 1. The van der Waals surface area contributed by atoms with Crippen LogP contribution in [-0.4, -0.2) is 19.5 Å². The molecule has 1 heterocycles. The zero-order valence-electron chi connectivity index (χ0n) is 15.9. The molecular weight excluding hydrogens is 454 g/mol. The van der Waals surface area contributed by atoms with Crippen molar-refractivity contribution < 1.29 is 18.3 Å². The molecule has 0 atom stereocenters. The SMILES string of the molecule is O=C(O)c1sc(-c2ccc(Cl)cc2)cc1NS(=O)(=O)c1ccc(-c2ccccc2)cc1. The Kier molecular flexibility index (Phi) is 5.82. The molecule has 31 heavy (non-hydrogen) atoms. The molecule has 0 saturated heterocycles. The van der Waals surface area contributed by atoms with Crippen molar-refractivity contribution in [2.75, 3.05) is 4.72 Å². The van der Waals surface area contributed by atoms with E-state index in [2.05, 4.69) is 4.72 Å². The van der Waals surface area contributed by atoms with Crippen LogP contribution in [0.3, 0.4) is 0 Å². The van der Waals surface area contributed by atoms with E-state index in [1.165, 1.54) is 18.2 Å². The Morgan fingerprint density at radius 1 is 0.839 bits per heavy atom. The van der Waals surface area contributed by atoms with Crippen LogP contribution >= 0.6 is 22.9 Å². The van der Waals surface area contributed by atoms with Gasteiger partial charge in [-0.2, -0.15) is 0 Å². The highest BCUT2D eigenvalue weighted by Crippen LogP contribution is 2.36. The first-order chi connectivity index (χ1) is 14.8. The van der Waals surface area contributed by atoms with E-state index < -0.39 is 16.0 Å². The molecule has 0 radical (unpaired) electrons. The van der Waals surface area contributed by atoms with Crippen LogP contribution in [0, 0.1) is 0 Å². The van der Waals surface area contributed by atoms with Crippen molar-refractivity contribution in [3.63, 3.8) is 0 Å². The summed E-state index contributed by atoms with van der Waals surface area (Å²) in [6, 6.07) is 24.4. The number of hydrogen-bond acceptors (Lipinski definition) is 4. The van der Waals surface area contributed by atoms with Gasteiger partial charge in [0, 0.05) is 9.90 Å². The fourth-order valence-electron chi connectivity index (χ4n) is 3.04. The number of anilines is 1.